The average Bonchev–Trinajstić information content (AvgIpc) is 2.74. The molecule has 0 aliphatic carbocycles. The molecule has 16 heavy (non-hydrogen) atoms. The number of likely N-dealkylation sites (N-methyl/N-ethyl adjacent to an activating group) is 1. The van der Waals surface area contributed by atoms with Crippen LogP contribution in [0.15, 0.2) is 28.7 Å². The van der Waals surface area contributed by atoms with Gasteiger partial charge in [-0.1, -0.05) is 28.1 Å². The monoisotopic (exact) mass is 282 g/mol. The van der Waals surface area contributed by atoms with E-state index in [9.17, 15) is 0 Å². The molecule has 0 spiro atoms. The van der Waals surface area contributed by atoms with E-state index in [2.05, 4.69) is 57.5 Å². The van der Waals surface area contributed by atoms with E-state index in [1.807, 2.05) is 0 Å². The first kappa shape index (κ1) is 12.1. The summed E-state index contributed by atoms with van der Waals surface area (Å²) in [7, 11) is 2.20. The molecule has 1 heterocycles. The molecule has 1 saturated heterocycles. The summed E-state index contributed by atoms with van der Waals surface area (Å²) in [5, 5.41) is 3.53. The van der Waals surface area contributed by atoms with Gasteiger partial charge in [0.25, 0.3) is 0 Å². The van der Waals surface area contributed by atoms with Crippen molar-refractivity contribution in [3.8, 4) is 0 Å². The third-order valence-electron chi connectivity index (χ3n) is 3.06. The summed E-state index contributed by atoms with van der Waals surface area (Å²) >= 11 is 3.46. The van der Waals surface area contributed by atoms with E-state index in [1.54, 1.807) is 0 Å². The van der Waals surface area contributed by atoms with Gasteiger partial charge in [-0.25, -0.2) is 0 Å². The molecule has 3 heteroatoms. The first-order chi connectivity index (χ1) is 7.74. The molecule has 0 unspecified atom stereocenters. The van der Waals surface area contributed by atoms with Crippen LogP contribution in [0, 0.1) is 0 Å². The number of rotatable bonds is 4. The van der Waals surface area contributed by atoms with E-state index in [0.717, 1.165) is 17.6 Å². The predicted octanol–water partition coefficient (Wildman–Crippen LogP) is 2.63. The Bertz CT molecular complexity index is 317. The van der Waals surface area contributed by atoms with Crippen LogP contribution in [0.3, 0.4) is 0 Å². The van der Waals surface area contributed by atoms with Gasteiger partial charge >= 0.3 is 0 Å². The van der Waals surface area contributed by atoms with Crippen molar-refractivity contribution in [3.63, 3.8) is 0 Å². The first-order valence-corrected chi connectivity index (χ1v) is 6.70. The van der Waals surface area contributed by atoms with Crippen molar-refractivity contribution < 1.29 is 0 Å². The average molecular weight is 283 g/mol. The summed E-state index contributed by atoms with van der Waals surface area (Å²) < 4.78 is 1.15. The van der Waals surface area contributed by atoms with Crippen LogP contribution in [-0.4, -0.2) is 31.1 Å². The van der Waals surface area contributed by atoms with Crippen LogP contribution in [0.5, 0.6) is 0 Å². The summed E-state index contributed by atoms with van der Waals surface area (Å²) in [5.74, 6) is 0. The van der Waals surface area contributed by atoms with E-state index >= 15 is 0 Å². The molecule has 0 radical (unpaired) electrons. The van der Waals surface area contributed by atoms with Gasteiger partial charge in [-0.2, -0.15) is 0 Å². The van der Waals surface area contributed by atoms with E-state index in [0.29, 0.717) is 6.04 Å². The Morgan fingerprint density at radius 3 is 2.75 bits per heavy atom. The Morgan fingerprint density at radius 1 is 1.38 bits per heavy atom. The maximum atomic E-state index is 3.53. The van der Waals surface area contributed by atoms with E-state index < -0.39 is 0 Å². The molecular weight excluding hydrogens is 264 g/mol. The Labute approximate surface area is 106 Å². The molecule has 88 valence electrons. The molecule has 2 nitrogen and oxygen atoms in total. The molecule has 2 rings (SSSR count). The van der Waals surface area contributed by atoms with Crippen LogP contribution in [0.4, 0.5) is 0 Å². The number of hydrogen-bond acceptors (Lipinski definition) is 2. The second-order valence-electron chi connectivity index (χ2n) is 4.62. The van der Waals surface area contributed by atoms with Gasteiger partial charge in [0.05, 0.1) is 0 Å². The largest absolute Gasteiger partial charge is 0.313 e. The fraction of sp³-hybridized carbons (Fsp3) is 0.538. The number of hydrogen-bond donors (Lipinski definition) is 1. The second-order valence-corrected chi connectivity index (χ2v) is 5.53. The molecule has 0 bridgehead atoms. The van der Waals surface area contributed by atoms with Crippen molar-refractivity contribution in [2.24, 2.45) is 0 Å². The summed E-state index contributed by atoms with van der Waals surface area (Å²) in [6.07, 6.45) is 2.65. The molecule has 1 aromatic rings. The maximum Gasteiger partial charge on any atom is 0.0231 e. The second kappa shape index (κ2) is 5.80. The highest BCUT2D eigenvalue weighted by Crippen LogP contribution is 2.13. The summed E-state index contributed by atoms with van der Waals surface area (Å²) in [6, 6.07) is 9.28. The SMILES string of the molecule is CN(Cc1ccc(Br)cc1)C[C@@H]1CCCN1. The lowest BCUT2D eigenvalue weighted by Gasteiger charge is -2.21. The number of halogens is 1. The summed E-state index contributed by atoms with van der Waals surface area (Å²) in [5.41, 5.74) is 1.38. The number of nitrogens with zero attached hydrogens (tertiary/aromatic N) is 1. The molecule has 1 fully saturated rings. The van der Waals surface area contributed by atoms with Crippen LogP contribution in [0.2, 0.25) is 0 Å². The van der Waals surface area contributed by atoms with Crippen LogP contribution in [0.25, 0.3) is 0 Å². The van der Waals surface area contributed by atoms with Crippen LogP contribution in [0.1, 0.15) is 18.4 Å². The predicted molar refractivity (Wildman–Crippen MR) is 71.5 cm³/mol. The molecular formula is C13H19BrN2. The van der Waals surface area contributed by atoms with Gasteiger partial charge in [0.2, 0.25) is 0 Å². The Hall–Kier alpha value is -0.380. The zero-order valence-electron chi connectivity index (χ0n) is 9.75. The molecule has 0 saturated carbocycles. The zero-order chi connectivity index (χ0) is 11.4. The van der Waals surface area contributed by atoms with Crippen molar-refractivity contribution >= 4 is 15.9 Å². The zero-order valence-corrected chi connectivity index (χ0v) is 11.3. The van der Waals surface area contributed by atoms with Crippen LogP contribution in [-0.2, 0) is 6.54 Å². The van der Waals surface area contributed by atoms with E-state index in [1.165, 1.54) is 24.9 Å². The minimum absolute atomic E-state index is 0.695. The van der Waals surface area contributed by atoms with Crippen molar-refractivity contribution in [3.05, 3.63) is 34.3 Å². The molecule has 1 N–H and O–H groups in total. The van der Waals surface area contributed by atoms with E-state index in [4.69, 9.17) is 0 Å². The molecule has 0 aromatic heterocycles. The molecule has 1 aromatic carbocycles. The van der Waals surface area contributed by atoms with Crippen LogP contribution < -0.4 is 5.32 Å². The Balaban J connectivity index is 1.81. The smallest absolute Gasteiger partial charge is 0.0231 e. The quantitative estimate of drug-likeness (QED) is 0.914. The lowest BCUT2D eigenvalue weighted by atomic mass is 10.2. The fourth-order valence-electron chi connectivity index (χ4n) is 2.25. The standard InChI is InChI=1S/C13H19BrN2/c1-16(10-13-3-2-8-15-13)9-11-4-6-12(14)7-5-11/h4-7,13,15H,2-3,8-10H2,1H3/t13-/m0/s1. The molecule has 1 aliphatic heterocycles. The minimum atomic E-state index is 0.695. The van der Waals surface area contributed by atoms with Gasteiger partial charge in [-0.05, 0) is 44.1 Å². The van der Waals surface area contributed by atoms with Gasteiger partial charge in [-0.15, -0.1) is 0 Å². The summed E-state index contributed by atoms with van der Waals surface area (Å²) in [6.45, 7) is 3.37. The number of benzene rings is 1. The van der Waals surface area contributed by atoms with Gasteiger partial charge in [-0.3, -0.25) is 0 Å². The minimum Gasteiger partial charge on any atom is -0.313 e. The molecule has 1 atom stereocenters. The first-order valence-electron chi connectivity index (χ1n) is 5.90. The highest BCUT2D eigenvalue weighted by Gasteiger charge is 2.15. The maximum absolute atomic E-state index is 3.53. The molecule has 0 amide bonds. The summed E-state index contributed by atoms with van der Waals surface area (Å²) in [4.78, 5) is 2.40. The lowest BCUT2D eigenvalue weighted by molar-refractivity contribution is 0.293. The number of nitrogens with one attached hydrogen (secondary N) is 1. The van der Waals surface area contributed by atoms with Gasteiger partial charge < -0.3 is 10.2 Å². The van der Waals surface area contributed by atoms with Crippen molar-refractivity contribution in [2.75, 3.05) is 20.1 Å². The third kappa shape index (κ3) is 3.58. The normalized spacial score (nSPS) is 20.6. The van der Waals surface area contributed by atoms with E-state index in [-0.39, 0.29) is 0 Å². The highest BCUT2D eigenvalue weighted by atomic mass is 79.9. The lowest BCUT2D eigenvalue weighted by Crippen LogP contribution is -2.34. The van der Waals surface area contributed by atoms with Gasteiger partial charge in [0.1, 0.15) is 0 Å². The van der Waals surface area contributed by atoms with Gasteiger partial charge in [0.15, 0.2) is 0 Å². The highest BCUT2D eigenvalue weighted by molar-refractivity contribution is 9.10. The fourth-order valence-corrected chi connectivity index (χ4v) is 2.52. The Kier molecular flexibility index (Phi) is 4.38. The van der Waals surface area contributed by atoms with Crippen molar-refractivity contribution in [1.82, 2.24) is 10.2 Å². The third-order valence-corrected chi connectivity index (χ3v) is 3.59. The van der Waals surface area contributed by atoms with Gasteiger partial charge in [0, 0.05) is 23.6 Å². The molecule has 1 aliphatic rings. The topological polar surface area (TPSA) is 15.3 Å². The van der Waals surface area contributed by atoms with Crippen molar-refractivity contribution in [2.45, 2.75) is 25.4 Å². The Morgan fingerprint density at radius 2 is 2.12 bits per heavy atom. The van der Waals surface area contributed by atoms with Crippen LogP contribution >= 0.6 is 15.9 Å². The van der Waals surface area contributed by atoms with Crippen molar-refractivity contribution in [1.29, 1.82) is 0 Å².